The third kappa shape index (κ3) is 2.64. The van der Waals surface area contributed by atoms with Gasteiger partial charge in [-0.2, -0.15) is 0 Å². The van der Waals surface area contributed by atoms with Crippen LogP contribution in [0, 0.1) is 0 Å². The van der Waals surface area contributed by atoms with Gasteiger partial charge in [0.05, 0.1) is 0 Å². The predicted molar refractivity (Wildman–Crippen MR) is 77.9 cm³/mol. The molecule has 1 N–H and O–H groups in total. The Bertz CT molecular complexity index is 340. The van der Waals surface area contributed by atoms with Gasteiger partial charge in [0, 0.05) is 3.92 Å². The summed E-state index contributed by atoms with van der Waals surface area (Å²) in [5.41, 5.74) is 0.861. The molecule has 0 fully saturated rings. The number of carboxylic acids is 1. The van der Waals surface area contributed by atoms with Crippen LogP contribution in [0.15, 0.2) is 30.3 Å². The van der Waals surface area contributed by atoms with Gasteiger partial charge in [-0.25, -0.2) is 0 Å². The lowest BCUT2D eigenvalue weighted by Gasteiger charge is -2.28. The van der Waals surface area contributed by atoms with Gasteiger partial charge in [0.25, 0.3) is 0 Å². The Morgan fingerprint density at radius 2 is 2.00 bits per heavy atom. The van der Waals surface area contributed by atoms with Crippen molar-refractivity contribution >= 4 is 51.2 Å². The largest absolute Gasteiger partial charge is 0.480 e. The number of carbonyl (C=O) groups is 1. The second kappa shape index (κ2) is 5.47. The maximum atomic E-state index is 11.4. The highest BCUT2D eigenvalue weighted by atomic mass is 127. The van der Waals surface area contributed by atoms with Gasteiger partial charge in [0.15, 0.2) is 3.42 Å². The molecule has 2 nitrogen and oxygen atoms in total. The minimum atomic E-state index is -0.825. The summed E-state index contributed by atoms with van der Waals surface area (Å²) in [7, 11) is 0. The number of hydrogen-bond acceptors (Lipinski definition) is 1. The fourth-order valence-electron chi connectivity index (χ4n) is 1.40. The highest BCUT2D eigenvalue weighted by Crippen LogP contribution is 2.41. The average Bonchev–Trinajstić information content (AvgIpc) is 2.27. The van der Waals surface area contributed by atoms with Crippen LogP contribution in [-0.4, -0.2) is 15.0 Å². The van der Waals surface area contributed by atoms with Gasteiger partial charge >= 0.3 is 5.97 Å². The topological polar surface area (TPSA) is 37.3 Å². The summed E-state index contributed by atoms with van der Waals surface area (Å²) >= 11 is 4.26. The summed E-state index contributed by atoms with van der Waals surface area (Å²) in [4.78, 5) is 11.4. The summed E-state index contributed by atoms with van der Waals surface area (Å²) in [5.74, 6) is -0.768. The molecule has 1 aromatic rings. The molecule has 4 heteroatoms. The zero-order chi connectivity index (χ0) is 11.5. The van der Waals surface area contributed by atoms with E-state index in [2.05, 4.69) is 22.6 Å². The lowest BCUT2D eigenvalue weighted by Crippen LogP contribution is -2.37. The molecule has 0 radical (unpaired) electrons. The monoisotopic (exact) mass is 430 g/mol. The van der Waals surface area contributed by atoms with Crippen molar-refractivity contribution in [3.63, 3.8) is 0 Å². The van der Waals surface area contributed by atoms with Crippen molar-refractivity contribution in [3.8, 4) is 0 Å². The summed E-state index contributed by atoms with van der Waals surface area (Å²) in [5, 5.41) is 9.38. The van der Waals surface area contributed by atoms with Gasteiger partial charge in [-0.15, -0.1) is 0 Å². The van der Waals surface area contributed by atoms with Crippen LogP contribution in [0.3, 0.4) is 0 Å². The van der Waals surface area contributed by atoms with Crippen LogP contribution in [-0.2, 0) is 8.22 Å². The van der Waals surface area contributed by atoms with E-state index >= 15 is 0 Å². The summed E-state index contributed by atoms with van der Waals surface area (Å²) < 4.78 is -0.746. The van der Waals surface area contributed by atoms with Crippen LogP contribution in [0.4, 0.5) is 0 Å². The van der Waals surface area contributed by atoms with Crippen molar-refractivity contribution in [2.24, 2.45) is 0 Å². The van der Waals surface area contributed by atoms with E-state index < -0.39 is 9.39 Å². The number of hydrogen-bond donors (Lipinski definition) is 1. The van der Waals surface area contributed by atoms with Gasteiger partial charge in [0.1, 0.15) is 0 Å². The Morgan fingerprint density at radius 3 is 2.40 bits per heavy atom. The average molecular weight is 430 g/mol. The molecule has 0 bridgehead atoms. The van der Waals surface area contributed by atoms with Crippen molar-refractivity contribution in [1.82, 2.24) is 0 Å². The van der Waals surface area contributed by atoms with Crippen molar-refractivity contribution < 1.29 is 9.90 Å². The van der Waals surface area contributed by atoms with E-state index in [1.165, 1.54) is 0 Å². The molecule has 2 atom stereocenters. The normalized spacial score (nSPS) is 16.7. The Morgan fingerprint density at radius 1 is 1.47 bits per heavy atom. The van der Waals surface area contributed by atoms with Crippen molar-refractivity contribution in [3.05, 3.63) is 35.9 Å². The number of carboxylic acid groups (broad SMARTS) is 1. The van der Waals surface area contributed by atoms with Crippen molar-refractivity contribution in [1.29, 1.82) is 0 Å². The standard InChI is InChI=1S/C11H12I2O2/c1-2-9(12)11(13,10(14)15)8-6-4-3-5-7-8/h3-7,9H,2H2,1H3,(H,14,15). The van der Waals surface area contributed by atoms with Crippen LogP contribution in [0.25, 0.3) is 0 Å². The van der Waals surface area contributed by atoms with Gasteiger partial charge in [-0.1, -0.05) is 82.4 Å². The number of alkyl halides is 2. The highest BCUT2D eigenvalue weighted by molar-refractivity contribution is 14.1. The first-order chi connectivity index (χ1) is 7.03. The van der Waals surface area contributed by atoms with Crippen LogP contribution in [0.5, 0.6) is 0 Å². The fourth-order valence-corrected chi connectivity index (χ4v) is 2.83. The molecule has 15 heavy (non-hydrogen) atoms. The molecule has 0 aliphatic rings. The molecule has 2 unspecified atom stereocenters. The van der Waals surface area contributed by atoms with E-state index in [1.54, 1.807) is 0 Å². The van der Waals surface area contributed by atoms with E-state index in [9.17, 15) is 9.90 Å². The Kier molecular flexibility index (Phi) is 4.82. The fraction of sp³-hybridized carbons (Fsp3) is 0.364. The van der Waals surface area contributed by atoms with Crippen LogP contribution < -0.4 is 0 Å². The Labute approximate surface area is 117 Å². The zero-order valence-corrected chi connectivity index (χ0v) is 12.6. The lowest BCUT2D eigenvalue weighted by molar-refractivity contribution is -0.139. The molecule has 1 aromatic carbocycles. The Hall–Kier alpha value is 0.150. The van der Waals surface area contributed by atoms with Gasteiger partial charge in [0.2, 0.25) is 0 Å². The van der Waals surface area contributed by atoms with E-state index in [-0.39, 0.29) is 3.92 Å². The second-order valence-corrected chi connectivity index (χ2v) is 6.46. The molecule has 0 spiro atoms. The SMILES string of the molecule is CCC(I)C(I)(C(=O)O)c1ccccc1. The minimum absolute atomic E-state index is 0.0793. The minimum Gasteiger partial charge on any atom is -0.480 e. The molecule has 0 aliphatic carbocycles. The van der Waals surface area contributed by atoms with Crippen molar-refractivity contribution in [2.45, 2.75) is 20.7 Å². The molecular weight excluding hydrogens is 418 g/mol. The molecule has 0 saturated heterocycles. The molecule has 0 amide bonds. The number of benzene rings is 1. The zero-order valence-electron chi connectivity index (χ0n) is 8.28. The van der Waals surface area contributed by atoms with E-state index in [0.717, 1.165) is 12.0 Å². The van der Waals surface area contributed by atoms with E-state index in [0.29, 0.717) is 0 Å². The van der Waals surface area contributed by atoms with Crippen molar-refractivity contribution in [2.75, 3.05) is 0 Å². The molecule has 0 aliphatic heterocycles. The quantitative estimate of drug-likeness (QED) is 0.586. The number of halogens is 2. The third-order valence-corrected chi connectivity index (χ3v) is 7.14. The first kappa shape index (κ1) is 13.2. The van der Waals surface area contributed by atoms with Crippen LogP contribution in [0.2, 0.25) is 0 Å². The number of rotatable bonds is 4. The predicted octanol–water partition coefficient (Wildman–Crippen LogP) is 3.62. The Balaban J connectivity index is 3.19. The molecule has 1 rings (SSSR count). The first-order valence-electron chi connectivity index (χ1n) is 4.65. The van der Waals surface area contributed by atoms with Gasteiger partial charge in [-0.3, -0.25) is 4.79 Å². The molecular formula is C11H12I2O2. The lowest BCUT2D eigenvalue weighted by atomic mass is 9.94. The molecule has 0 aromatic heterocycles. The van der Waals surface area contributed by atoms with Crippen LogP contribution >= 0.6 is 45.2 Å². The summed E-state index contributed by atoms with van der Waals surface area (Å²) in [6.45, 7) is 2.01. The third-order valence-electron chi connectivity index (χ3n) is 2.30. The van der Waals surface area contributed by atoms with E-state index in [4.69, 9.17) is 0 Å². The maximum absolute atomic E-state index is 11.4. The van der Waals surface area contributed by atoms with Gasteiger partial charge in [-0.05, 0) is 12.0 Å². The molecule has 0 heterocycles. The van der Waals surface area contributed by atoms with E-state index in [1.807, 2.05) is 59.8 Å². The second-order valence-electron chi connectivity index (χ2n) is 3.26. The molecule has 0 saturated carbocycles. The van der Waals surface area contributed by atoms with Crippen LogP contribution in [0.1, 0.15) is 18.9 Å². The summed E-state index contributed by atoms with van der Waals surface area (Å²) in [6.07, 6.45) is 0.838. The summed E-state index contributed by atoms with van der Waals surface area (Å²) in [6, 6.07) is 9.41. The van der Waals surface area contributed by atoms with Gasteiger partial charge < -0.3 is 5.11 Å². The number of aliphatic carboxylic acids is 1. The first-order valence-corrected chi connectivity index (χ1v) is 6.97. The molecule has 82 valence electrons. The smallest absolute Gasteiger partial charge is 0.325 e. The highest BCUT2D eigenvalue weighted by Gasteiger charge is 2.43. The maximum Gasteiger partial charge on any atom is 0.325 e.